The molecule has 1 atom stereocenters. The zero-order valence-corrected chi connectivity index (χ0v) is 10.4. The minimum Gasteiger partial charge on any atom is -0.409 e. The van der Waals surface area contributed by atoms with Gasteiger partial charge in [-0.15, -0.1) is 0 Å². The van der Waals surface area contributed by atoms with Crippen LogP contribution < -0.4 is 5.73 Å². The second-order valence-electron chi connectivity index (χ2n) is 4.53. The molecule has 5 nitrogen and oxygen atoms in total. The highest BCUT2D eigenvalue weighted by molar-refractivity contribution is 5.79. The number of nitrogens with zero attached hydrogens (tertiary/aromatic N) is 3. The molecule has 16 heavy (non-hydrogen) atoms. The fourth-order valence-corrected chi connectivity index (χ4v) is 2.32. The maximum atomic E-state index is 8.45. The van der Waals surface area contributed by atoms with Crippen molar-refractivity contribution in [1.29, 1.82) is 0 Å². The molecule has 94 valence electrons. The molecule has 0 aliphatic carbocycles. The van der Waals surface area contributed by atoms with Crippen molar-refractivity contribution in [2.24, 2.45) is 10.9 Å². The number of oxime groups is 1. The Balaban J connectivity index is 2.25. The molecule has 0 saturated carbocycles. The van der Waals surface area contributed by atoms with Crippen LogP contribution in [-0.4, -0.2) is 60.1 Å². The van der Waals surface area contributed by atoms with Gasteiger partial charge in [-0.05, 0) is 33.0 Å². The lowest BCUT2D eigenvalue weighted by Gasteiger charge is -2.27. The monoisotopic (exact) mass is 228 g/mol. The minimum absolute atomic E-state index is 0.311. The fourth-order valence-electron chi connectivity index (χ4n) is 2.32. The van der Waals surface area contributed by atoms with Crippen molar-refractivity contribution in [1.82, 2.24) is 9.80 Å². The quantitative estimate of drug-likeness (QED) is 0.301. The predicted octanol–water partition coefficient (Wildman–Crippen LogP) is 0.539. The minimum atomic E-state index is 0.311. The van der Waals surface area contributed by atoms with Crippen molar-refractivity contribution in [2.75, 3.05) is 33.2 Å². The van der Waals surface area contributed by atoms with Crippen LogP contribution in [-0.2, 0) is 0 Å². The molecule has 0 aromatic heterocycles. The fraction of sp³-hybridized carbons (Fsp3) is 0.909. The molecule has 1 rings (SSSR count). The smallest absolute Gasteiger partial charge is 0.140 e. The summed E-state index contributed by atoms with van der Waals surface area (Å²) < 4.78 is 0. The molecule has 1 aliphatic rings. The Hall–Kier alpha value is -0.810. The molecule has 1 heterocycles. The van der Waals surface area contributed by atoms with E-state index in [2.05, 4.69) is 28.9 Å². The first kappa shape index (κ1) is 13.3. The maximum absolute atomic E-state index is 8.45. The number of nitrogens with two attached hydrogens (primary N) is 1. The van der Waals surface area contributed by atoms with E-state index in [0.717, 1.165) is 19.6 Å². The van der Waals surface area contributed by atoms with Gasteiger partial charge in [0.2, 0.25) is 0 Å². The second-order valence-corrected chi connectivity index (χ2v) is 4.53. The van der Waals surface area contributed by atoms with E-state index in [9.17, 15) is 0 Å². The largest absolute Gasteiger partial charge is 0.409 e. The molecule has 5 heteroatoms. The SMILES string of the molecule is CCN1CCCC1CN(C)CCC(N)=NO. The lowest BCUT2D eigenvalue weighted by molar-refractivity contribution is 0.201. The Morgan fingerprint density at radius 2 is 2.38 bits per heavy atom. The lowest BCUT2D eigenvalue weighted by atomic mass is 10.2. The molecule has 0 radical (unpaired) electrons. The van der Waals surface area contributed by atoms with E-state index in [4.69, 9.17) is 10.9 Å². The van der Waals surface area contributed by atoms with Crippen molar-refractivity contribution in [2.45, 2.75) is 32.2 Å². The van der Waals surface area contributed by atoms with E-state index >= 15 is 0 Å². The zero-order valence-electron chi connectivity index (χ0n) is 10.4. The summed E-state index contributed by atoms with van der Waals surface area (Å²) in [5, 5.41) is 11.4. The van der Waals surface area contributed by atoms with Gasteiger partial charge in [0, 0.05) is 25.6 Å². The third-order valence-electron chi connectivity index (χ3n) is 3.31. The Morgan fingerprint density at radius 1 is 1.62 bits per heavy atom. The summed E-state index contributed by atoms with van der Waals surface area (Å²) in [6, 6.07) is 0.683. The molecule has 0 aromatic rings. The Bertz CT molecular complexity index is 232. The van der Waals surface area contributed by atoms with Gasteiger partial charge in [-0.2, -0.15) is 0 Å². The van der Waals surface area contributed by atoms with Gasteiger partial charge < -0.3 is 15.8 Å². The van der Waals surface area contributed by atoms with E-state index < -0.39 is 0 Å². The lowest BCUT2D eigenvalue weighted by Crippen LogP contribution is -2.39. The average molecular weight is 228 g/mol. The van der Waals surface area contributed by atoms with Crippen molar-refractivity contribution >= 4 is 5.84 Å². The van der Waals surface area contributed by atoms with Crippen LogP contribution in [0.5, 0.6) is 0 Å². The van der Waals surface area contributed by atoms with Crippen LogP contribution in [0.1, 0.15) is 26.2 Å². The average Bonchev–Trinajstić information content (AvgIpc) is 2.73. The normalized spacial score (nSPS) is 23.2. The van der Waals surface area contributed by atoms with E-state index in [1.54, 1.807) is 0 Å². The molecule has 3 N–H and O–H groups in total. The summed E-state index contributed by atoms with van der Waals surface area (Å²) in [6.07, 6.45) is 3.24. The van der Waals surface area contributed by atoms with Gasteiger partial charge in [0.1, 0.15) is 5.84 Å². The summed E-state index contributed by atoms with van der Waals surface area (Å²) in [5.74, 6) is 0.311. The number of likely N-dealkylation sites (tertiary alicyclic amines) is 1. The molecule has 1 fully saturated rings. The van der Waals surface area contributed by atoms with Gasteiger partial charge in [0.05, 0.1) is 0 Å². The predicted molar refractivity (Wildman–Crippen MR) is 65.8 cm³/mol. The van der Waals surface area contributed by atoms with Crippen LogP contribution in [0.3, 0.4) is 0 Å². The number of hydrogen-bond acceptors (Lipinski definition) is 4. The number of likely N-dealkylation sites (N-methyl/N-ethyl adjacent to an activating group) is 2. The molecule has 0 amide bonds. The highest BCUT2D eigenvalue weighted by Crippen LogP contribution is 2.17. The summed E-state index contributed by atoms with van der Waals surface area (Å²) in [6.45, 7) is 6.51. The molecule has 1 unspecified atom stereocenters. The molecule has 0 aromatic carbocycles. The Kier molecular flexibility index (Phi) is 5.55. The van der Waals surface area contributed by atoms with Crippen LogP contribution in [0, 0.1) is 0 Å². The first-order valence-electron chi connectivity index (χ1n) is 6.06. The summed E-state index contributed by atoms with van der Waals surface area (Å²) >= 11 is 0. The molecular weight excluding hydrogens is 204 g/mol. The Labute approximate surface area is 97.9 Å². The van der Waals surface area contributed by atoms with Crippen molar-refractivity contribution in [3.05, 3.63) is 0 Å². The summed E-state index contributed by atoms with van der Waals surface area (Å²) in [5.41, 5.74) is 5.45. The van der Waals surface area contributed by atoms with E-state index in [-0.39, 0.29) is 0 Å². The molecule has 0 spiro atoms. The van der Waals surface area contributed by atoms with Gasteiger partial charge >= 0.3 is 0 Å². The first-order valence-corrected chi connectivity index (χ1v) is 6.06. The van der Waals surface area contributed by atoms with Gasteiger partial charge in [0.25, 0.3) is 0 Å². The van der Waals surface area contributed by atoms with E-state index in [0.29, 0.717) is 18.3 Å². The highest BCUT2D eigenvalue weighted by atomic mass is 16.4. The van der Waals surface area contributed by atoms with Crippen LogP contribution in [0.25, 0.3) is 0 Å². The second kappa shape index (κ2) is 6.70. The molecule has 1 saturated heterocycles. The Morgan fingerprint density at radius 3 is 3.00 bits per heavy atom. The summed E-state index contributed by atoms with van der Waals surface area (Å²) in [7, 11) is 2.09. The topological polar surface area (TPSA) is 65.1 Å². The van der Waals surface area contributed by atoms with Crippen LogP contribution in [0.2, 0.25) is 0 Å². The van der Waals surface area contributed by atoms with Crippen molar-refractivity contribution in [3.63, 3.8) is 0 Å². The molecule has 0 bridgehead atoms. The van der Waals surface area contributed by atoms with Gasteiger partial charge in [-0.3, -0.25) is 4.90 Å². The first-order chi connectivity index (χ1) is 7.67. The highest BCUT2D eigenvalue weighted by Gasteiger charge is 2.23. The number of rotatable bonds is 6. The maximum Gasteiger partial charge on any atom is 0.140 e. The van der Waals surface area contributed by atoms with Crippen molar-refractivity contribution in [3.8, 4) is 0 Å². The van der Waals surface area contributed by atoms with Gasteiger partial charge in [0.15, 0.2) is 0 Å². The van der Waals surface area contributed by atoms with Gasteiger partial charge in [-0.1, -0.05) is 12.1 Å². The number of amidine groups is 1. The van der Waals surface area contributed by atoms with Crippen LogP contribution in [0.15, 0.2) is 5.16 Å². The van der Waals surface area contributed by atoms with Crippen LogP contribution >= 0.6 is 0 Å². The third-order valence-corrected chi connectivity index (χ3v) is 3.31. The zero-order chi connectivity index (χ0) is 12.0. The summed E-state index contributed by atoms with van der Waals surface area (Å²) in [4.78, 5) is 4.79. The molecular formula is C11H24N4O. The van der Waals surface area contributed by atoms with E-state index in [1.165, 1.54) is 19.4 Å². The van der Waals surface area contributed by atoms with Crippen molar-refractivity contribution < 1.29 is 5.21 Å². The number of hydrogen-bond donors (Lipinski definition) is 2. The third kappa shape index (κ3) is 3.98. The standard InChI is InChI=1S/C11H24N4O/c1-3-15-7-4-5-10(15)9-14(2)8-6-11(12)13-16/h10,16H,3-9H2,1-2H3,(H2,12,13). The molecule has 1 aliphatic heterocycles. The van der Waals surface area contributed by atoms with Gasteiger partial charge in [-0.25, -0.2) is 0 Å². The van der Waals surface area contributed by atoms with Crippen LogP contribution in [0.4, 0.5) is 0 Å². The van der Waals surface area contributed by atoms with E-state index in [1.807, 2.05) is 0 Å².